The number of hydrogen-bond donors (Lipinski definition) is 2. The van der Waals surface area contributed by atoms with Gasteiger partial charge in [0.1, 0.15) is 6.54 Å². The highest BCUT2D eigenvalue weighted by molar-refractivity contribution is 7.10. The van der Waals surface area contributed by atoms with Gasteiger partial charge in [-0.1, -0.05) is 6.07 Å². The molecule has 7 nitrogen and oxygen atoms in total. The summed E-state index contributed by atoms with van der Waals surface area (Å²) in [5, 5.41) is 13.9. The second kappa shape index (κ2) is 10.0. The second-order valence-electron chi connectivity index (χ2n) is 7.74. The van der Waals surface area contributed by atoms with Gasteiger partial charge in [-0.05, 0) is 57.6 Å². The molecule has 0 saturated heterocycles. The Bertz CT molecular complexity index is 667. The lowest BCUT2D eigenvalue weighted by Gasteiger charge is -2.44. The zero-order valence-electron chi connectivity index (χ0n) is 16.9. The Morgan fingerprint density at radius 1 is 1.21 bits per heavy atom. The number of amides is 2. The first-order valence-corrected chi connectivity index (χ1v) is 10.6. The first-order valence-electron chi connectivity index (χ1n) is 9.71. The Morgan fingerprint density at radius 2 is 1.89 bits per heavy atom. The number of nitrogens with zero attached hydrogens (tertiary/aromatic N) is 2. The molecule has 1 aliphatic carbocycles. The van der Waals surface area contributed by atoms with E-state index in [1.54, 1.807) is 11.3 Å². The molecule has 0 atom stereocenters. The van der Waals surface area contributed by atoms with Gasteiger partial charge in [0, 0.05) is 30.8 Å². The smallest absolute Gasteiger partial charge is 0.323 e. The fraction of sp³-hybridized carbons (Fsp3) is 0.650. The van der Waals surface area contributed by atoms with Crippen LogP contribution >= 0.6 is 11.3 Å². The van der Waals surface area contributed by atoms with Crippen LogP contribution < -0.4 is 5.32 Å². The minimum Gasteiger partial charge on any atom is -0.480 e. The number of carbonyl (C=O) groups excluding carboxylic acids is 2. The number of likely N-dealkylation sites (N-methyl/N-ethyl adjacent to an activating group) is 1. The number of carboxylic acids is 1. The number of nitrogens with one attached hydrogen (secondary N) is 1. The van der Waals surface area contributed by atoms with E-state index in [9.17, 15) is 14.4 Å². The van der Waals surface area contributed by atoms with E-state index in [1.165, 1.54) is 16.8 Å². The molecule has 1 fully saturated rings. The molecule has 0 spiro atoms. The Kier molecular flexibility index (Phi) is 8.00. The number of hydrogen-bond acceptors (Lipinski definition) is 5. The first-order chi connectivity index (χ1) is 13.2. The van der Waals surface area contributed by atoms with Crippen LogP contribution in [0.5, 0.6) is 0 Å². The molecule has 0 aromatic carbocycles. The summed E-state index contributed by atoms with van der Waals surface area (Å²) >= 11 is 1.79. The van der Waals surface area contributed by atoms with Crippen molar-refractivity contribution in [2.24, 2.45) is 0 Å². The monoisotopic (exact) mass is 409 g/mol. The molecule has 0 unspecified atom stereocenters. The molecular formula is C20H31N3O4S. The third kappa shape index (κ3) is 5.78. The summed E-state index contributed by atoms with van der Waals surface area (Å²) in [6, 6.07) is 4.46. The van der Waals surface area contributed by atoms with Crippen molar-refractivity contribution in [2.75, 3.05) is 27.7 Å². The van der Waals surface area contributed by atoms with Gasteiger partial charge in [0.05, 0.1) is 5.54 Å². The largest absolute Gasteiger partial charge is 0.480 e. The Hall–Kier alpha value is -1.93. The first kappa shape index (κ1) is 22.4. The topological polar surface area (TPSA) is 90.0 Å². The highest BCUT2D eigenvalue weighted by atomic mass is 32.1. The number of carboxylic acid groups (broad SMARTS) is 1. The predicted molar refractivity (Wildman–Crippen MR) is 109 cm³/mol. The fourth-order valence-electron chi connectivity index (χ4n) is 3.88. The molecule has 1 saturated carbocycles. The standard InChI is InChI=1S/C20H31N3O4S/c1-22(2)20(16-6-5-13-28-16)11-9-15(10-12-20)21-17(24)7-4-8-18(25)23(3)14-19(26)27/h5-6,13,15H,4,7-12,14H2,1-3H3,(H,21,24)(H,26,27). The quantitative estimate of drug-likeness (QED) is 0.653. The van der Waals surface area contributed by atoms with Gasteiger partial charge in [-0.2, -0.15) is 0 Å². The van der Waals surface area contributed by atoms with Crippen molar-refractivity contribution in [2.45, 2.75) is 56.5 Å². The molecule has 8 heteroatoms. The van der Waals surface area contributed by atoms with Crippen LogP contribution in [-0.4, -0.2) is 66.4 Å². The van der Waals surface area contributed by atoms with Crippen molar-refractivity contribution in [1.29, 1.82) is 0 Å². The van der Waals surface area contributed by atoms with E-state index in [0.717, 1.165) is 25.7 Å². The molecule has 28 heavy (non-hydrogen) atoms. The Morgan fingerprint density at radius 3 is 2.43 bits per heavy atom. The molecule has 2 amide bonds. The number of aliphatic carboxylic acids is 1. The van der Waals surface area contributed by atoms with E-state index in [-0.39, 0.29) is 42.8 Å². The van der Waals surface area contributed by atoms with Crippen molar-refractivity contribution in [1.82, 2.24) is 15.1 Å². The van der Waals surface area contributed by atoms with Crippen molar-refractivity contribution in [3.05, 3.63) is 22.4 Å². The summed E-state index contributed by atoms with van der Waals surface area (Å²) in [5.41, 5.74) is 0.0521. The predicted octanol–water partition coefficient (Wildman–Crippen LogP) is 2.28. The number of thiophene rings is 1. The highest BCUT2D eigenvalue weighted by Crippen LogP contribution is 2.42. The average molecular weight is 410 g/mol. The SMILES string of the molecule is CN(CC(=O)O)C(=O)CCCC(=O)NC1CCC(c2cccs2)(N(C)C)CC1. The average Bonchev–Trinajstić information content (AvgIpc) is 3.16. The molecule has 0 bridgehead atoms. The lowest BCUT2D eigenvalue weighted by atomic mass is 9.77. The summed E-state index contributed by atoms with van der Waals surface area (Å²) in [6.07, 6.45) is 4.77. The normalized spacial score (nSPS) is 22.1. The third-order valence-electron chi connectivity index (χ3n) is 5.61. The van der Waals surface area contributed by atoms with E-state index < -0.39 is 5.97 Å². The van der Waals surface area contributed by atoms with Gasteiger partial charge in [-0.25, -0.2) is 0 Å². The van der Waals surface area contributed by atoms with Gasteiger partial charge in [-0.3, -0.25) is 19.3 Å². The maximum absolute atomic E-state index is 12.2. The van der Waals surface area contributed by atoms with E-state index >= 15 is 0 Å². The molecular weight excluding hydrogens is 378 g/mol. The van der Waals surface area contributed by atoms with Gasteiger partial charge < -0.3 is 15.3 Å². The highest BCUT2D eigenvalue weighted by Gasteiger charge is 2.39. The summed E-state index contributed by atoms with van der Waals surface area (Å²) in [6.45, 7) is -0.315. The third-order valence-corrected chi connectivity index (χ3v) is 6.67. The van der Waals surface area contributed by atoms with Gasteiger partial charge in [0.2, 0.25) is 11.8 Å². The maximum Gasteiger partial charge on any atom is 0.323 e. The molecule has 1 aliphatic rings. The van der Waals surface area contributed by atoms with Crippen LogP contribution in [0.25, 0.3) is 0 Å². The summed E-state index contributed by atoms with van der Waals surface area (Å²) in [5.74, 6) is -1.33. The number of rotatable bonds is 9. The van der Waals surface area contributed by atoms with Crippen LogP contribution in [0.15, 0.2) is 17.5 Å². The molecule has 0 aliphatic heterocycles. The van der Waals surface area contributed by atoms with E-state index in [4.69, 9.17) is 5.11 Å². The van der Waals surface area contributed by atoms with Crippen LogP contribution in [0, 0.1) is 0 Å². The molecule has 2 N–H and O–H groups in total. The van der Waals surface area contributed by atoms with Crippen molar-refractivity contribution in [3.8, 4) is 0 Å². The van der Waals surface area contributed by atoms with Gasteiger partial charge in [0.25, 0.3) is 0 Å². The lowest BCUT2D eigenvalue weighted by molar-refractivity contribution is -0.143. The molecule has 1 aromatic heterocycles. The Balaban J connectivity index is 1.74. The van der Waals surface area contributed by atoms with Crippen LogP contribution in [0.1, 0.15) is 49.8 Å². The fourth-order valence-corrected chi connectivity index (χ4v) is 4.95. The minimum atomic E-state index is -1.04. The lowest BCUT2D eigenvalue weighted by Crippen LogP contribution is -2.48. The maximum atomic E-state index is 12.2. The zero-order valence-corrected chi connectivity index (χ0v) is 17.8. The van der Waals surface area contributed by atoms with E-state index in [0.29, 0.717) is 6.42 Å². The zero-order chi connectivity index (χ0) is 20.7. The van der Waals surface area contributed by atoms with Gasteiger partial charge in [0.15, 0.2) is 0 Å². The van der Waals surface area contributed by atoms with Crippen molar-refractivity contribution in [3.63, 3.8) is 0 Å². The molecule has 1 aromatic rings. The van der Waals surface area contributed by atoms with Crippen molar-refractivity contribution < 1.29 is 19.5 Å². The Labute approximate surface area is 170 Å². The molecule has 0 radical (unpaired) electrons. The van der Waals surface area contributed by atoms with Crippen LogP contribution in [0.4, 0.5) is 0 Å². The summed E-state index contributed by atoms with van der Waals surface area (Å²) in [7, 11) is 5.71. The van der Waals surface area contributed by atoms with E-state index in [2.05, 4.69) is 41.8 Å². The van der Waals surface area contributed by atoms with Crippen LogP contribution in [-0.2, 0) is 19.9 Å². The van der Waals surface area contributed by atoms with Crippen LogP contribution in [0.3, 0.4) is 0 Å². The molecule has 156 valence electrons. The van der Waals surface area contributed by atoms with Crippen molar-refractivity contribution >= 4 is 29.1 Å². The minimum absolute atomic E-state index is 0.0350. The number of carbonyl (C=O) groups is 3. The van der Waals surface area contributed by atoms with Crippen LogP contribution in [0.2, 0.25) is 0 Å². The summed E-state index contributed by atoms with van der Waals surface area (Å²) < 4.78 is 0. The molecule has 2 rings (SSSR count). The van der Waals surface area contributed by atoms with E-state index in [1.807, 2.05) is 0 Å². The van der Waals surface area contributed by atoms with Gasteiger partial charge >= 0.3 is 5.97 Å². The van der Waals surface area contributed by atoms with Gasteiger partial charge in [-0.15, -0.1) is 11.3 Å². The summed E-state index contributed by atoms with van der Waals surface area (Å²) in [4.78, 5) is 39.5. The second-order valence-corrected chi connectivity index (χ2v) is 8.69. The molecule has 1 heterocycles.